The summed E-state index contributed by atoms with van der Waals surface area (Å²) in [6.45, 7) is 0.981. The zero-order chi connectivity index (χ0) is 11.9. The lowest BCUT2D eigenvalue weighted by molar-refractivity contribution is 0.902. The molecule has 2 fully saturated rings. The fourth-order valence-electron chi connectivity index (χ4n) is 1.94. The topological polar surface area (TPSA) is 63.8 Å². The second-order valence-electron chi connectivity index (χ2n) is 5.05. The zero-order valence-electron chi connectivity index (χ0n) is 10.1. The number of rotatable bonds is 5. The molecule has 3 N–H and O–H groups in total. The Bertz CT molecular complexity index is 427. The van der Waals surface area contributed by atoms with Crippen molar-refractivity contribution < 1.29 is 0 Å². The van der Waals surface area contributed by atoms with E-state index in [1.165, 1.54) is 25.7 Å². The third kappa shape index (κ3) is 2.49. The van der Waals surface area contributed by atoms with Gasteiger partial charge in [-0.15, -0.1) is 0 Å². The fourth-order valence-corrected chi connectivity index (χ4v) is 2.67. The highest BCUT2D eigenvalue weighted by molar-refractivity contribution is 8.00. The molecule has 2 aliphatic rings. The molecule has 0 atom stereocenters. The average molecular weight is 250 g/mol. The molecule has 17 heavy (non-hydrogen) atoms. The molecule has 1 aromatic heterocycles. The van der Waals surface area contributed by atoms with Gasteiger partial charge < -0.3 is 11.1 Å². The van der Waals surface area contributed by atoms with Crippen LogP contribution in [0.25, 0.3) is 0 Å². The quantitative estimate of drug-likeness (QED) is 0.839. The van der Waals surface area contributed by atoms with Crippen LogP contribution in [-0.2, 0) is 0 Å². The Labute approximate surface area is 106 Å². The Morgan fingerprint density at radius 1 is 1.47 bits per heavy atom. The molecular weight excluding hydrogens is 232 g/mol. The van der Waals surface area contributed by atoms with Crippen LogP contribution in [0, 0.1) is 0 Å². The SMILES string of the molecule is CSC1(CNc2cc(N)nc(C3CC3)n2)CC1. The maximum absolute atomic E-state index is 5.82. The highest BCUT2D eigenvalue weighted by Crippen LogP contribution is 2.47. The van der Waals surface area contributed by atoms with E-state index >= 15 is 0 Å². The van der Waals surface area contributed by atoms with Gasteiger partial charge in [-0.25, -0.2) is 9.97 Å². The Hall–Kier alpha value is -0.970. The summed E-state index contributed by atoms with van der Waals surface area (Å²) in [4.78, 5) is 8.85. The summed E-state index contributed by atoms with van der Waals surface area (Å²) in [7, 11) is 0. The minimum absolute atomic E-state index is 0.444. The first-order valence-corrected chi connectivity index (χ1v) is 7.37. The van der Waals surface area contributed by atoms with Crippen LogP contribution in [0.15, 0.2) is 6.07 Å². The minimum atomic E-state index is 0.444. The van der Waals surface area contributed by atoms with E-state index in [1.807, 2.05) is 17.8 Å². The standard InChI is InChI=1S/C12H18N4S/c1-17-12(4-5-12)7-14-10-6-9(13)15-11(16-10)8-2-3-8/h6,8H,2-5,7H2,1H3,(H3,13,14,15,16). The summed E-state index contributed by atoms with van der Waals surface area (Å²) in [6.07, 6.45) is 7.20. The van der Waals surface area contributed by atoms with Crippen molar-refractivity contribution in [3.05, 3.63) is 11.9 Å². The summed E-state index contributed by atoms with van der Waals surface area (Å²) in [5.74, 6) is 2.94. The molecule has 0 aliphatic heterocycles. The molecule has 1 aromatic rings. The van der Waals surface area contributed by atoms with Crippen molar-refractivity contribution in [2.24, 2.45) is 0 Å². The molecule has 0 unspecified atom stereocenters. The number of nitrogens with two attached hydrogens (primary N) is 1. The molecule has 2 aliphatic carbocycles. The second kappa shape index (κ2) is 4.05. The number of nitrogens with one attached hydrogen (secondary N) is 1. The molecule has 4 nitrogen and oxygen atoms in total. The van der Waals surface area contributed by atoms with E-state index in [1.54, 1.807) is 0 Å². The van der Waals surface area contributed by atoms with Crippen LogP contribution >= 0.6 is 11.8 Å². The van der Waals surface area contributed by atoms with Crippen LogP contribution in [0.5, 0.6) is 0 Å². The molecule has 3 rings (SSSR count). The Balaban J connectivity index is 1.69. The number of nitrogen functional groups attached to an aromatic ring is 1. The van der Waals surface area contributed by atoms with Gasteiger partial charge in [0.2, 0.25) is 0 Å². The summed E-state index contributed by atoms with van der Waals surface area (Å²) in [5, 5.41) is 3.41. The van der Waals surface area contributed by atoms with Gasteiger partial charge in [-0.05, 0) is 31.9 Å². The Morgan fingerprint density at radius 3 is 2.82 bits per heavy atom. The smallest absolute Gasteiger partial charge is 0.136 e. The van der Waals surface area contributed by atoms with Crippen molar-refractivity contribution in [2.75, 3.05) is 23.9 Å². The number of anilines is 2. The highest BCUT2D eigenvalue weighted by Gasteiger charge is 2.41. The van der Waals surface area contributed by atoms with Gasteiger partial charge in [0.1, 0.15) is 17.5 Å². The van der Waals surface area contributed by atoms with E-state index in [2.05, 4.69) is 21.5 Å². The molecule has 0 aromatic carbocycles. The maximum Gasteiger partial charge on any atom is 0.136 e. The van der Waals surface area contributed by atoms with E-state index in [4.69, 9.17) is 5.73 Å². The maximum atomic E-state index is 5.82. The molecule has 0 spiro atoms. The van der Waals surface area contributed by atoms with Crippen LogP contribution in [0.3, 0.4) is 0 Å². The van der Waals surface area contributed by atoms with E-state index < -0.39 is 0 Å². The van der Waals surface area contributed by atoms with Gasteiger partial charge in [-0.2, -0.15) is 11.8 Å². The predicted molar refractivity (Wildman–Crippen MR) is 72.4 cm³/mol. The summed E-state index contributed by atoms with van der Waals surface area (Å²) in [5.41, 5.74) is 5.82. The number of nitrogens with zero attached hydrogens (tertiary/aromatic N) is 2. The second-order valence-corrected chi connectivity index (χ2v) is 6.33. The molecule has 1 heterocycles. The number of hydrogen-bond acceptors (Lipinski definition) is 5. The molecule has 0 bridgehead atoms. The van der Waals surface area contributed by atoms with Gasteiger partial charge in [-0.3, -0.25) is 0 Å². The first kappa shape index (κ1) is 11.1. The molecule has 2 saturated carbocycles. The number of hydrogen-bond donors (Lipinski definition) is 2. The van der Waals surface area contributed by atoms with E-state index in [0.717, 1.165) is 18.2 Å². The monoisotopic (exact) mass is 250 g/mol. The van der Waals surface area contributed by atoms with Crippen LogP contribution < -0.4 is 11.1 Å². The van der Waals surface area contributed by atoms with Crippen LogP contribution in [0.1, 0.15) is 37.4 Å². The first-order valence-electron chi connectivity index (χ1n) is 6.14. The van der Waals surface area contributed by atoms with Gasteiger partial charge >= 0.3 is 0 Å². The van der Waals surface area contributed by atoms with Crippen molar-refractivity contribution in [3.8, 4) is 0 Å². The largest absolute Gasteiger partial charge is 0.384 e. The lowest BCUT2D eigenvalue weighted by atomic mass is 10.3. The van der Waals surface area contributed by atoms with Gasteiger partial charge in [0, 0.05) is 23.3 Å². The lowest BCUT2D eigenvalue weighted by Crippen LogP contribution is -2.18. The third-order valence-electron chi connectivity index (χ3n) is 3.54. The van der Waals surface area contributed by atoms with Crippen molar-refractivity contribution >= 4 is 23.4 Å². The zero-order valence-corrected chi connectivity index (χ0v) is 10.9. The molecule has 0 amide bonds. The van der Waals surface area contributed by atoms with E-state index in [-0.39, 0.29) is 0 Å². The molecule has 0 radical (unpaired) electrons. The van der Waals surface area contributed by atoms with E-state index in [0.29, 0.717) is 16.5 Å². The van der Waals surface area contributed by atoms with E-state index in [9.17, 15) is 0 Å². The van der Waals surface area contributed by atoms with Crippen molar-refractivity contribution in [3.63, 3.8) is 0 Å². The number of thioether (sulfide) groups is 1. The van der Waals surface area contributed by atoms with Gasteiger partial charge in [0.05, 0.1) is 0 Å². The summed E-state index contributed by atoms with van der Waals surface area (Å²) >= 11 is 1.95. The molecule has 92 valence electrons. The third-order valence-corrected chi connectivity index (χ3v) is 4.96. The van der Waals surface area contributed by atoms with Gasteiger partial charge in [0.25, 0.3) is 0 Å². The first-order chi connectivity index (χ1) is 8.21. The van der Waals surface area contributed by atoms with Crippen molar-refractivity contribution in [1.82, 2.24) is 9.97 Å². The van der Waals surface area contributed by atoms with Crippen molar-refractivity contribution in [2.45, 2.75) is 36.3 Å². The summed E-state index contributed by atoms with van der Waals surface area (Å²) in [6, 6.07) is 1.84. The Morgan fingerprint density at radius 2 is 2.24 bits per heavy atom. The predicted octanol–water partition coefficient (Wildman–Crippen LogP) is 2.24. The van der Waals surface area contributed by atoms with Crippen LogP contribution in [-0.4, -0.2) is 27.5 Å². The molecule has 0 saturated heterocycles. The molecular formula is C12H18N4S. The van der Waals surface area contributed by atoms with Gasteiger partial charge in [0.15, 0.2) is 0 Å². The number of aromatic nitrogens is 2. The minimum Gasteiger partial charge on any atom is -0.384 e. The normalized spacial score (nSPS) is 21.2. The van der Waals surface area contributed by atoms with Gasteiger partial charge in [-0.1, -0.05) is 0 Å². The Kier molecular flexibility index (Phi) is 2.65. The van der Waals surface area contributed by atoms with Crippen LogP contribution in [0.2, 0.25) is 0 Å². The van der Waals surface area contributed by atoms with Crippen molar-refractivity contribution in [1.29, 1.82) is 0 Å². The highest BCUT2D eigenvalue weighted by atomic mass is 32.2. The average Bonchev–Trinajstić information content (AvgIpc) is 3.19. The lowest BCUT2D eigenvalue weighted by Gasteiger charge is -2.14. The molecule has 5 heteroatoms. The fraction of sp³-hybridized carbons (Fsp3) is 0.667. The summed E-state index contributed by atoms with van der Waals surface area (Å²) < 4.78 is 0.444. The van der Waals surface area contributed by atoms with Crippen LogP contribution in [0.4, 0.5) is 11.6 Å².